The van der Waals surface area contributed by atoms with Gasteiger partial charge < -0.3 is 5.32 Å². The fraction of sp³-hybridized carbons (Fsp3) is 0.588. The standard InChI is InChI=1S/C17H20ClNO/c18-17-9-12-6-13(10-17)8-16(7-12,11-17)15(20)19-14-4-2-1-3-5-14/h1-5,12-13H,6-11H2,(H,19,20)/t12-,13-,16?,17?/m0/s1. The van der Waals surface area contributed by atoms with E-state index in [1.807, 2.05) is 30.3 Å². The summed E-state index contributed by atoms with van der Waals surface area (Å²) in [5.74, 6) is 1.52. The van der Waals surface area contributed by atoms with Crippen LogP contribution in [0, 0.1) is 17.3 Å². The van der Waals surface area contributed by atoms with Gasteiger partial charge in [0.2, 0.25) is 5.91 Å². The third-order valence-electron chi connectivity index (χ3n) is 5.50. The van der Waals surface area contributed by atoms with E-state index in [2.05, 4.69) is 5.32 Å². The van der Waals surface area contributed by atoms with Crippen LogP contribution in [0.3, 0.4) is 0 Å². The summed E-state index contributed by atoms with van der Waals surface area (Å²) in [4.78, 5) is 12.7. The lowest BCUT2D eigenvalue weighted by Crippen LogP contribution is -2.57. The van der Waals surface area contributed by atoms with Crippen molar-refractivity contribution in [1.29, 1.82) is 0 Å². The van der Waals surface area contributed by atoms with Crippen molar-refractivity contribution in [3.8, 4) is 0 Å². The lowest BCUT2D eigenvalue weighted by Gasteiger charge is -2.59. The fourth-order valence-electron chi connectivity index (χ4n) is 5.20. The molecule has 4 bridgehead atoms. The maximum atomic E-state index is 12.8. The van der Waals surface area contributed by atoms with Crippen LogP contribution < -0.4 is 5.32 Å². The van der Waals surface area contributed by atoms with Gasteiger partial charge in [0.1, 0.15) is 0 Å². The van der Waals surface area contributed by atoms with Gasteiger partial charge in [0.25, 0.3) is 0 Å². The predicted molar refractivity (Wildman–Crippen MR) is 80.8 cm³/mol. The molecular formula is C17H20ClNO. The van der Waals surface area contributed by atoms with Crippen LogP contribution in [0.2, 0.25) is 0 Å². The molecule has 1 N–H and O–H groups in total. The summed E-state index contributed by atoms with van der Waals surface area (Å²) >= 11 is 6.79. The van der Waals surface area contributed by atoms with Crippen LogP contribution in [0.4, 0.5) is 5.69 Å². The van der Waals surface area contributed by atoms with Gasteiger partial charge in [-0.3, -0.25) is 4.79 Å². The Morgan fingerprint density at radius 1 is 1.10 bits per heavy atom. The van der Waals surface area contributed by atoms with E-state index in [9.17, 15) is 4.79 Å². The highest BCUT2D eigenvalue weighted by atomic mass is 35.5. The molecule has 20 heavy (non-hydrogen) atoms. The number of carbonyl (C=O) groups excluding carboxylic acids is 1. The van der Waals surface area contributed by atoms with Crippen molar-refractivity contribution in [3.63, 3.8) is 0 Å². The second-order valence-electron chi connectivity index (χ2n) is 7.21. The van der Waals surface area contributed by atoms with Gasteiger partial charge in [-0.05, 0) is 62.5 Å². The maximum absolute atomic E-state index is 12.8. The summed E-state index contributed by atoms with van der Waals surface area (Å²) in [5.41, 5.74) is 0.693. The van der Waals surface area contributed by atoms with Gasteiger partial charge in [-0.15, -0.1) is 11.6 Å². The summed E-state index contributed by atoms with van der Waals surface area (Å²) < 4.78 is 0. The molecule has 106 valence electrons. The zero-order chi connectivity index (χ0) is 13.8. The molecule has 0 radical (unpaired) electrons. The Balaban J connectivity index is 1.60. The van der Waals surface area contributed by atoms with E-state index in [0.717, 1.165) is 37.8 Å². The largest absolute Gasteiger partial charge is 0.326 e. The van der Waals surface area contributed by atoms with Crippen LogP contribution in [0.1, 0.15) is 38.5 Å². The third kappa shape index (κ3) is 1.96. The predicted octanol–water partition coefficient (Wildman–Crippen LogP) is 4.20. The Morgan fingerprint density at radius 2 is 1.75 bits per heavy atom. The van der Waals surface area contributed by atoms with Gasteiger partial charge >= 0.3 is 0 Å². The minimum absolute atomic E-state index is 0.0991. The van der Waals surface area contributed by atoms with Crippen LogP contribution in [0.15, 0.2) is 30.3 Å². The number of alkyl halides is 1. The van der Waals surface area contributed by atoms with Gasteiger partial charge in [0, 0.05) is 10.6 Å². The van der Waals surface area contributed by atoms with Crippen molar-refractivity contribution in [3.05, 3.63) is 30.3 Å². The maximum Gasteiger partial charge on any atom is 0.230 e. The van der Waals surface area contributed by atoms with Crippen molar-refractivity contribution in [2.45, 2.75) is 43.4 Å². The second-order valence-corrected chi connectivity index (χ2v) is 8.01. The monoisotopic (exact) mass is 289 g/mol. The van der Waals surface area contributed by atoms with E-state index >= 15 is 0 Å². The molecule has 4 saturated carbocycles. The summed E-state index contributed by atoms with van der Waals surface area (Å²) in [6.07, 6.45) is 6.46. The van der Waals surface area contributed by atoms with E-state index < -0.39 is 0 Å². The molecule has 4 aliphatic carbocycles. The smallest absolute Gasteiger partial charge is 0.230 e. The second kappa shape index (κ2) is 4.24. The molecule has 1 aromatic rings. The van der Waals surface area contributed by atoms with Gasteiger partial charge in [0.05, 0.1) is 5.41 Å². The quantitative estimate of drug-likeness (QED) is 0.812. The Morgan fingerprint density at radius 3 is 2.35 bits per heavy atom. The van der Waals surface area contributed by atoms with Crippen LogP contribution in [0.5, 0.6) is 0 Å². The van der Waals surface area contributed by atoms with E-state index in [1.165, 1.54) is 6.42 Å². The molecule has 2 nitrogen and oxygen atoms in total. The molecule has 5 rings (SSSR count). The molecule has 1 amide bonds. The summed E-state index contributed by atoms with van der Waals surface area (Å²) in [7, 11) is 0. The molecule has 0 unspecified atom stereocenters. The van der Waals surface area contributed by atoms with Gasteiger partial charge in [-0.2, -0.15) is 0 Å². The lowest BCUT2D eigenvalue weighted by molar-refractivity contribution is -0.138. The first kappa shape index (κ1) is 12.7. The van der Waals surface area contributed by atoms with Crippen LogP contribution in [0.25, 0.3) is 0 Å². The molecule has 0 heterocycles. The van der Waals surface area contributed by atoms with E-state index in [-0.39, 0.29) is 16.2 Å². The molecule has 2 atom stereocenters. The van der Waals surface area contributed by atoms with Crippen molar-refractivity contribution in [2.24, 2.45) is 17.3 Å². The zero-order valence-corrected chi connectivity index (χ0v) is 12.3. The number of hydrogen-bond donors (Lipinski definition) is 1. The summed E-state index contributed by atoms with van der Waals surface area (Å²) in [6, 6.07) is 9.79. The Bertz CT molecular complexity index is 527. The minimum atomic E-state index is -0.207. The highest BCUT2D eigenvalue weighted by molar-refractivity contribution is 6.24. The minimum Gasteiger partial charge on any atom is -0.326 e. The molecule has 3 heteroatoms. The number of carbonyl (C=O) groups is 1. The Labute approximate surface area is 124 Å². The average Bonchev–Trinajstić information content (AvgIpc) is 2.37. The Kier molecular flexibility index (Phi) is 2.69. The van der Waals surface area contributed by atoms with E-state index in [0.29, 0.717) is 11.8 Å². The van der Waals surface area contributed by atoms with E-state index in [4.69, 9.17) is 11.6 Å². The number of halogens is 1. The molecule has 4 aliphatic rings. The number of amides is 1. The van der Waals surface area contributed by atoms with Crippen molar-refractivity contribution in [1.82, 2.24) is 0 Å². The fourth-order valence-corrected chi connectivity index (χ4v) is 5.89. The third-order valence-corrected chi connectivity index (χ3v) is 5.95. The SMILES string of the molecule is O=C(Nc1ccccc1)C12C[C@@H]3C[C@H](CC(Cl)(C3)C1)C2. The number of benzene rings is 1. The van der Waals surface area contributed by atoms with Gasteiger partial charge in [-0.25, -0.2) is 0 Å². The van der Waals surface area contributed by atoms with Gasteiger partial charge in [0.15, 0.2) is 0 Å². The lowest BCUT2D eigenvalue weighted by atomic mass is 9.49. The van der Waals surface area contributed by atoms with E-state index in [1.54, 1.807) is 0 Å². The number of anilines is 1. The summed E-state index contributed by atoms with van der Waals surface area (Å²) in [5, 5.41) is 3.12. The average molecular weight is 290 g/mol. The first-order valence-corrected chi connectivity index (χ1v) is 8.00. The van der Waals surface area contributed by atoms with Crippen molar-refractivity contribution >= 4 is 23.2 Å². The molecule has 1 aromatic carbocycles. The molecule has 0 saturated heterocycles. The number of rotatable bonds is 2. The molecular weight excluding hydrogens is 270 g/mol. The first-order chi connectivity index (χ1) is 9.57. The molecule has 0 spiro atoms. The molecule has 0 aromatic heterocycles. The topological polar surface area (TPSA) is 29.1 Å². The summed E-state index contributed by atoms with van der Waals surface area (Å²) in [6.45, 7) is 0. The molecule has 4 fully saturated rings. The van der Waals surface area contributed by atoms with Gasteiger partial charge in [-0.1, -0.05) is 18.2 Å². The number of nitrogens with one attached hydrogen (secondary N) is 1. The van der Waals surface area contributed by atoms with Crippen molar-refractivity contribution < 1.29 is 4.79 Å². The first-order valence-electron chi connectivity index (χ1n) is 7.62. The Hall–Kier alpha value is -1.02. The van der Waals surface area contributed by atoms with Crippen LogP contribution in [-0.2, 0) is 4.79 Å². The number of hydrogen-bond acceptors (Lipinski definition) is 1. The zero-order valence-electron chi connectivity index (χ0n) is 11.6. The van der Waals surface area contributed by atoms with Crippen LogP contribution >= 0.6 is 11.6 Å². The highest BCUT2D eigenvalue weighted by Gasteiger charge is 2.60. The number of para-hydroxylation sites is 1. The van der Waals surface area contributed by atoms with Crippen LogP contribution in [-0.4, -0.2) is 10.8 Å². The normalized spacial score (nSPS) is 41.6. The van der Waals surface area contributed by atoms with Crippen molar-refractivity contribution in [2.75, 3.05) is 5.32 Å². The molecule has 0 aliphatic heterocycles. The highest BCUT2D eigenvalue weighted by Crippen LogP contribution is 2.64.